The Morgan fingerprint density at radius 2 is 2.20 bits per heavy atom. The van der Waals surface area contributed by atoms with Crippen LogP contribution in [0.2, 0.25) is 0 Å². The Balaban J connectivity index is 1.92. The highest BCUT2D eigenvalue weighted by molar-refractivity contribution is 6.18. The van der Waals surface area contributed by atoms with Gasteiger partial charge in [-0.1, -0.05) is 18.2 Å². The lowest BCUT2D eigenvalue weighted by Gasteiger charge is -2.32. The van der Waals surface area contributed by atoms with E-state index >= 15 is 0 Å². The lowest BCUT2D eigenvalue weighted by Crippen LogP contribution is -2.40. The van der Waals surface area contributed by atoms with Crippen molar-refractivity contribution in [2.75, 3.05) is 19.0 Å². The van der Waals surface area contributed by atoms with E-state index < -0.39 is 0 Å². The summed E-state index contributed by atoms with van der Waals surface area (Å²) in [6, 6.07) is 9.59. The number of carbonyl (C=O) groups is 1. The van der Waals surface area contributed by atoms with E-state index in [1.54, 1.807) is 6.20 Å². The molecule has 0 N–H and O–H groups in total. The van der Waals surface area contributed by atoms with Gasteiger partial charge < -0.3 is 4.90 Å². The molecule has 3 rings (SSSR count). The fraction of sp³-hybridized carbons (Fsp3) is 0.375. The fourth-order valence-corrected chi connectivity index (χ4v) is 3.08. The van der Waals surface area contributed by atoms with E-state index in [1.807, 2.05) is 35.2 Å². The molecule has 2 aromatic rings. The number of rotatable bonds is 2. The topological polar surface area (TPSA) is 33.2 Å². The summed E-state index contributed by atoms with van der Waals surface area (Å²) in [7, 11) is 0. The first-order chi connectivity index (χ1) is 9.79. The molecule has 1 amide bonds. The van der Waals surface area contributed by atoms with E-state index in [9.17, 15) is 4.79 Å². The normalized spacial score (nSPS) is 19.2. The van der Waals surface area contributed by atoms with Gasteiger partial charge in [-0.3, -0.25) is 9.78 Å². The number of piperidine rings is 1. The van der Waals surface area contributed by atoms with Crippen molar-refractivity contribution < 1.29 is 4.79 Å². The summed E-state index contributed by atoms with van der Waals surface area (Å²) in [5.41, 5.74) is 1.61. The maximum atomic E-state index is 12.7. The van der Waals surface area contributed by atoms with Crippen molar-refractivity contribution in [2.45, 2.75) is 12.8 Å². The number of benzene rings is 1. The molecule has 0 spiro atoms. The molecular weight excluding hydrogens is 272 g/mol. The lowest BCUT2D eigenvalue weighted by atomic mass is 9.98. The zero-order valence-electron chi connectivity index (χ0n) is 11.3. The second-order valence-electron chi connectivity index (χ2n) is 5.29. The molecule has 0 saturated carbocycles. The zero-order valence-corrected chi connectivity index (χ0v) is 12.0. The molecule has 20 heavy (non-hydrogen) atoms. The monoisotopic (exact) mass is 288 g/mol. The fourth-order valence-electron chi connectivity index (χ4n) is 2.83. The SMILES string of the molecule is O=C(c1ccnc2ccccc12)N1CCCC(CCl)C1. The van der Waals surface area contributed by atoms with Crippen molar-refractivity contribution >= 4 is 28.4 Å². The predicted molar refractivity (Wildman–Crippen MR) is 81.1 cm³/mol. The maximum absolute atomic E-state index is 12.7. The Morgan fingerprint density at radius 3 is 3.05 bits per heavy atom. The number of aromatic nitrogens is 1. The minimum Gasteiger partial charge on any atom is -0.338 e. The Morgan fingerprint density at radius 1 is 1.35 bits per heavy atom. The van der Waals surface area contributed by atoms with Crippen LogP contribution in [0.15, 0.2) is 36.5 Å². The summed E-state index contributed by atoms with van der Waals surface area (Å²) in [6.45, 7) is 1.59. The smallest absolute Gasteiger partial charge is 0.254 e. The molecule has 3 nitrogen and oxygen atoms in total. The molecule has 0 radical (unpaired) electrons. The van der Waals surface area contributed by atoms with Crippen LogP contribution < -0.4 is 0 Å². The van der Waals surface area contributed by atoms with E-state index in [0.717, 1.165) is 42.4 Å². The standard InChI is InChI=1S/C16H17ClN2O/c17-10-12-4-3-9-19(11-12)16(20)14-7-8-18-15-6-2-1-5-13(14)15/h1-2,5-8,12H,3-4,9-11H2. The Labute approximate surface area is 123 Å². The van der Waals surface area contributed by atoms with Crippen molar-refractivity contribution in [3.05, 3.63) is 42.1 Å². The average molecular weight is 289 g/mol. The second-order valence-corrected chi connectivity index (χ2v) is 5.60. The van der Waals surface area contributed by atoms with Gasteiger partial charge in [0.2, 0.25) is 0 Å². The predicted octanol–water partition coefficient (Wildman–Crippen LogP) is 3.33. The van der Waals surface area contributed by atoms with Gasteiger partial charge in [-0.05, 0) is 30.9 Å². The third-order valence-electron chi connectivity index (χ3n) is 3.90. The van der Waals surface area contributed by atoms with Gasteiger partial charge in [-0.2, -0.15) is 0 Å². The van der Waals surface area contributed by atoms with Crippen LogP contribution >= 0.6 is 11.6 Å². The number of halogens is 1. The van der Waals surface area contributed by atoms with Crippen LogP contribution in [0.4, 0.5) is 0 Å². The molecule has 1 aliphatic rings. The molecule has 2 heterocycles. The number of pyridine rings is 1. The number of hydrogen-bond acceptors (Lipinski definition) is 2. The van der Waals surface area contributed by atoms with Crippen LogP contribution in [0.3, 0.4) is 0 Å². The largest absolute Gasteiger partial charge is 0.338 e. The molecule has 1 fully saturated rings. The van der Waals surface area contributed by atoms with Crippen LogP contribution in [0, 0.1) is 5.92 Å². The van der Waals surface area contributed by atoms with Crippen molar-refractivity contribution in [3.63, 3.8) is 0 Å². The van der Waals surface area contributed by atoms with Crippen LogP contribution in [-0.2, 0) is 0 Å². The van der Waals surface area contributed by atoms with E-state index in [2.05, 4.69) is 4.98 Å². The molecule has 1 unspecified atom stereocenters. The quantitative estimate of drug-likeness (QED) is 0.794. The number of nitrogens with zero attached hydrogens (tertiary/aromatic N) is 2. The molecular formula is C16H17ClN2O. The van der Waals surface area contributed by atoms with Gasteiger partial charge >= 0.3 is 0 Å². The molecule has 1 saturated heterocycles. The van der Waals surface area contributed by atoms with Crippen LogP contribution in [0.25, 0.3) is 10.9 Å². The number of para-hydroxylation sites is 1. The molecule has 4 heteroatoms. The van der Waals surface area contributed by atoms with Gasteiger partial charge in [0, 0.05) is 30.6 Å². The molecule has 0 aliphatic carbocycles. The van der Waals surface area contributed by atoms with Crippen molar-refractivity contribution in [1.82, 2.24) is 9.88 Å². The van der Waals surface area contributed by atoms with E-state index in [-0.39, 0.29) is 5.91 Å². The summed E-state index contributed by atoms with van der Waals surface area (Å²) < 4.78 is 0. The van der Waals surface area contributed by atoms with Crippen LogP contribution in [0.1, 0.15) is 23.2 Å². The van der Waals surface area contributed by atoms with E-state index in [1.165, 1.54) is 0 Å². The number of amides is 1. The van der Waals surface area contributed by atoms with Crippen LogP contribution in [0.5, 0.6) is 0 Å². The third kappa shape index (κ3) is 2.50. The highest BCUT2D eigenvalue weighted by Gasteiger charge is 2.24. The minimum atomic E-state index is 0.0958. The summed E-state index contributed by atoms with van der Waals surface area (Å²) >= 11 is 5.94. The summed E-state index contributed by atoms with van der Waals surface area (Å²) in [4.78, 5) is 19.0. The van der Waals surface area contributed by atoms with Gasteiger partial charge in [0.25, 0.3) is 5.91 Å². The van der Waals surface area contributed by atoms with Gasteiger partial charge in [-0.15, -0.1) is 11.6 Å². The molecule has 0 bridgehead atoms. The first kappa shape index (κ1) is 13.4. The highest BCUT2D eigenvalue weighted by atomic mass is 35.5. The molecule has 1 aromatic carbocycles. The molecule has 104 valence electrons. The molecule has 1 aromatic heterocycles. The summed E-state index contributed by atoms with van der Waals surface area (Å²) in [6.07, 6.45) is 3.86. The number of alkyl halides is 1. The third-order valence-corrected chi connectivity index (χ3v) is 4.34. The number of likely N-dealkylation sites (tertiary alicyclic amines) is 1. The van der Waals surface area contributed by atoms with Crippen molar-refractivity contribution in [1.29, 1.82) is 0 Å². The maximum Gasteiger partial charge on any atom is 0.254 e. The molecule has 1 aliphatic heterocycles. The van der Waals surface area contributed by atoms with Gasteiger partial charge in [-0.25, -0.2) is 0 Å². The van der Waals surface area contributed by atoms with Crippen LogP contribution in [-0.4, -0.2) is 34.8 Å². The Hall–Kier alpha value is -1.61. The number of hydrogen-bond donors (Lipinski definition) is 0. The first-order valence-electron chi connectivity index (χ1n) is 6.98. The zero-order chi connectivity index (χ0) is 13.9. The first-order valence-corrected chi connectivity index (χ1v) is 7.52. The highest BCUT2D eigenvalue weighted by Crippen LogP contribution is 2.22. The Kier molecular flexibility index (Phi) is 3.88. The van der Waals surface area contributed by atoms with Gasteiger partial charge in [0.15, 0.2) is 0 Å². The minimum absolute atomic E-state index is 0.0958. The summed E-state index contributed by atoms with van der Waals surface area (Å²) in [5, 5.41) is 0.924. The Bertz CT molecular complexity index is 623. The van der Waals surface area contributed by atoms with Crippen molar-refractivity contribution in [2.24, 2.45) is 5.92 Å². The number of fused-ring (bicyclic) bond motifs is 1. The van der Waals surface area contributed by atoms with E-state index in [0.29, 0.717) is 11.8 Å². The lowest BCUT2D eigenvalue weighted by molar-refractivity contribution is 0.0687. The molecule has 1 atom stereocenters. The van der Waals surface area contributed by atoms with Gasteiger partial charge in [0.05, 0.1) is 11.1 Å². The van der Waals surface area contributed by atoms with Crippen molar-refractivity contribution in [3.8, 4) is 0 Å². The number of carbonyl (C=O) groups excluding carboxylic acids is 1. The second kappa shape index (κ2) is 5.80. The average Bonchev–Trinajstić information content (AvgIpc) is 2.53. The summed E-state index contributed by atoms with van der Waals surface area (Å²) in [5.74, 6) is 1.14. The van der Waals surface area contributed by atoms with E-state index in [4.69, 9.17) is 11.6 Å². The van der Waals surface area contributed by atoms with Gasteiger partial charge in [0.1, 0.15) is 0 Å².